The lowest BCUT2D eigenvalue weighted by Gasteiger charge is -2.39. The van der Waals surface area contributed by atoms with Crippen LogP contribution in [0, 0.1) is 5.41 Å². The van der Waals surface area contributed by atoms with Crippen molar-refractivity contribution in [2.45, 2.75) is 32.7 Å². The van der Waals surface area contributed by atoms with Crippen molar-refractivity contribution in [1.82, 2.24) is 10.2 Å². The first-order chi connectivity index (χ1) is 15.4. The quantitative estimate of drug-likeness (QED) is 0.682. The molecule has 0 radical (unpaired) electrons. The van der Waals surface area contributed by atoms with Gasteiger partial charge in [-0.1, -0.05) is 18.2 Å². The minimum absolute atomic E-state index is 0.00346. The van der Waals surface area contributed by atoms with E-state index in [1.54, 1.807) is 32.3 Å². The summed E-state index contributed by atoms with van der Waals surface area (Å²) in [6.45, 7) is 3.42. The second kappa shape index (κ2) is 10.4. The van der Waals surface area contributed by atoms with E-state index in [1.165, 1.54) is 0 Å². The third-order valence-electron chi connectivity index (χ3n) is 5.99. The van der Waals surface area contributed by atoms with Crippen molar-refractivity contribution in [1.29, 1.82) is 0 Å². The molecule has 32 heavy (non-hydrogen) atoms. The lowest BCUT2D eigenvalue weighted by atomic mass is 9.80. The van der Waals surface area contributed by atoms with Crippen molar-refractivity contribution in [2.75, 3.05) is 34.4 Å². The van der Waals surface area contributed by atoms with Crippen LogP contribution in [0.3, 0.4) is 0 Å². The summed E-state index contributed by atoms with van der Waals surface area (Å²) >= 11 is 0. The van der Waals surface area contributed by atoms with Crippen LogP contribution in [0.2, 0.25) is 0 Å². The van der Waals surface area contributed by atoms with E-state index in [0.29, 0.717) is 31.1 Å². The molecule has 1 N–H and O–H groups in total. The van der Waals surface area contributed by atoms with E-state index < -0.39 is 5.41 Å². The summed E-state index contributed by atoms with van der Waals surface area (Å²) in [5.74, 6) is 1.94. The van der Waals surface area contributed by atoms with Crippen molar-refractivity contribution in [2.24, 2.45) is 5.41 Å². The molecule has 0 spiro atoms. The Labute approximate surface area is 189 Å². The van der Waals surface area contributed by atoms with E-state index in [-0.39, 0.29) is 18.2 Å². The van der Waals surface area contributed by atoms with Crippen LogP contribution in [0.15, 0.2) is 42.5 Å². The van der Waals surface area contributed by atoms with E-state index in [2.05, 4.69) is 5.32 Å². The smallest absolute Gasteiger partial charge is 0.227 e. The molecular formula is C25H32N2O5. The van der Waals surface area contributed by atoms with Crippen molar-refractivity contribution < 1.29 is 23.8 Å². The molecule has 2 aromatic carbocycles. The normalized spacial score (nSPS) is 18.1. The maximum Gasteiger partial charge on any atom is 0.227 e. The predicted molar refractivity (Wildman–Crippen MR) is 122 cm³/mol. The number of hydrogen-bond acceptors (Lipinski definition) is 5. The second-order valence-corrected chi connectivity index (χ2v) is 8.38. The molecule has 2 aromatic rings. The van der Waals surface area contributed by atoms with E-state index in [1.807, 2.05) is 43.3 Å². The zero-order chi connectivity index (χ0) is 23.1. The third-order valence-corrected chi connectivity index (χ3v) is 5.99. The van der Waals surface area contributed by atoms with Crippen LogP contribution in [0.25, 0.3) is 0 Å². The number of amides is 2. The van der Waals surface area contributed by atoms with Gasteiger partial charge in [0, 0.05) is 19.6 Å². The maximum absolute atomic E-state index is 13.0. The fourth-order valence-corrected chi connectivity index (χ4v) is 4.09. The largest absolute Gasteiger partial charge is 0.497 e. The van der Waals surface area contributed by atoms with Crippen LogP contribution in [0.4, 0.5) is 0 Å². The monoisotopic (exact) mass is 440 g/mol. The van der Waals surface area contributed by atoms with Gasteiger partial charge >= 0.3 is 0 Å². The molecule has 172 valence electrons. The number of piperidine rings is 1. The number of methoxy groups -OCH3 is 3. The Kier molecular flexibility index (Phi) is 7.62. The van der Waals surface area contributed by atoms with Gasteiger partial charge in [-0.25, -0.2) is 0 Å². The molecule has 1 fully saturated rings. The Hall–Kier alpha value is -3.22. The summed E-state index contributed by atoms with van der Waals surface area (Å²) in [6.07, 6.45) is 1.79. The molecule has 7 nitrogen and oxygen atoms in total. The Morgan fingerprint density at radius 1 is 1.00 bits per heavy atom. The third kappa shape index (κ3) is 5.52. The average Bonchev–Trinajstić information content (AvgIpc) is 2.82. The van der Waals surface area contributed by atoms with Gasteiger partial charge in [0.05, 0.1) is 33.2 Å². The molecule has 1 saturated heterocycles. The average molecular weight is 441 g/mol. The number of rotatable bonds is 8. The zero-order valence-corrected chi connectivity index (χ0v) is 19.3. The van der Waals surface area contributed by atoms with Gasteiger partial charge in [-0.2, -0.15) is 0 Å². The van der Waals surface area contributed by atoms with Crippen LogP contribution in [-0.2, 0) is 22.6 Å². The highest BCUT2D eigenvalue weighted by Crippen LogP contribution is 2.31. The molecule has 1 heterocycles. The summed E-state index contributed by atoms with van der Waals surface area (Å²) in [7, 11) is 4.77. The van der Waals surface area contributed by atoms with Crippen molar-refractivity contribution >= 4 is 11.8 Å². The van der Waals surface area contributed by atoms with Crippen LogP contribution < -0.4 is 19.5 Å². The summed E-state index contributed by atoms with van der Waals surface area (Å²) in [5, 5.41) is 3.03. The molecule has 0 aliphatic carbocycles. The highest BCUT2D eigenvalue weighted by atomic mass is 16.5. The first-order valence-corrected chi connectivity index (χ1v) is 10.8. The Bertz CT molecular complexity index is 961. The van der Waals surface area contributed by atoms with E-state index in [9.17, 15) is 9.59 Å². The number of likely N-dealkylation sites (tertiary alicyclic amines) is 1. The summed E-state index contributed by atoms with van der Waals surface area (Å²) in [5.41, 5.74) is 1.20. The Morgan fingerprint density at radius 2 is 1.78 bits per heavy atom. The van der Waals surface area contributed by atoms with Gasteiger partial charge in [0.15, 0.2) is 11.5 Å². The summed E-state index contributed by atoms with van der Waals surface area (Å²) in [6, 6.07) is 13.1. The first kappa shape index (κ1) is 23.4. The zero-order valence-electron chi connectivity index (χ0n) is 19.3. The number of carbonyl (C=O) groups is 2. The van der Waals surface area contributed by atoms with Gasteiger partial charge in [0.1, 0.15) is 5.75 Å². The van der Waals surface area contributed by atoms with Gasteiger partial charge in [-0.05, 0) is 55.2 Å². The van der Waals surface area contributed by atoms with Gasteiger partial charge in [0.25, 0.3) is 0 Å². The van der Waals surface area contributed by atoms with E-state index >= 15 is 0 Å². The molecule has 1 aliphatic rings. The molecule has 2 amide bonds. The fourth-order valence-electron chi connectivity index (χ4n) is 4.09. The van der Waals surface area contributed by atoms with Crippen molar-refractivity contribution in [3.8, 4) is 17.2 Å². The van der Waals surface area contributed by atoms with Crippen LogP contribution in [0.5, 0.6) is 17.2 Å². The lowest BCUT2D eigenvalue weighted by Crippen LogP contribution is -2.52. The second-order valence-electron chi connectivity index (χ2n) is 8.38. The Balaban J connectivity index is 1.61. The van der Waals surface area contributed by atoms with Crippen LogP contribution in [-0.4, -0.2) is 51.1 Å². The molecule has 7 heteroatoms. The highest BCUT2D eigenvalue weighted by Gasteiger charge is 2.39. The standard InChI is InChI=1S/C25H32N2O5/c1-25(24(29)26-16-19-7-5-8-20(13-19)30-2)11-6-12-27(17-25)23(28)15-18-9-10-21(31-3)22(14-18)32-4/h5,7-10,13-14H,6,11-12,15-17H2,1-4H3,(H,26,29). The molecular weight excluding hydrogens is 408 g/mol. The van der Waals surface area contributed by atoms with Gasteiger partial charge in [0.2, 0.25) is 11.8 Å². The minimum Gasteiger partial charge on any atom is -0.497 e. The van der Waals surface area contributed by atoms with Crippen LogP contribution in [0.1, 0.15) is 30.9 Å². The number of ether oxygens (including phenoxy) is 3. The molecule has 0 saturated carbocycles. The molecule has 1 unspecified atom stereocenters. The van der Waals surface area contributed by atoms with Gasteiger partial charge in [-0.15, -0.1) is 0 Å². The van der Waals surface area contributed by atoms with Crippen LogP contribution >= 0.6 is 0 Å². The molecule has 3 rings (SSSR count). The minimum atomic E-state index is -0.621. The first-order valence-electron chi connectivity index (χ1n) is 10.8. The van der Waals surface area contributed by atoms with Gasteiger partial charge in [-0.3, -0.25) is 9.59 Å². The number of hydrogen-bond donors (Lipinski definition) is 1. The fraction of sp³-hybridized carbons (Fsp3) is 0.440. The molecule has 1 atom stereocenters. The molecule has 0 aromatic heterocycles. The topological polar surface area (TPSA) is 77.1 Å². The predicted octanol–water partition coefficient (Wildman–Crippen LogP) is 3.20. The SMILES string of the molecule is COc1cccc(CNC(=O)C2(C)CCCN(C(=O)Cc3ccc(OC)c(OC)c3)C2)c1. The highest BCUT2D eigenvalue weighted by molar-refractivity contribution is 5.85. The summed E-state index contributed by atoms with van der Waals surface area (Å²) in [4.78, 5) is 27.8. The molecule has 1 aliphatic heterocycles. The Morgan fingerprint density at radius 3 is 2.50 bits per heavy atom. The van der Waals surface area contributed by atoms with E-state index in [4.69, 9.17) is 14.2 Å². The van der Waals surface area contributed by atoms with E-state index in [0.717, 1.165) is 29.7 Å². The number of carbonyl (C=O) groups excluding carboxylic acids is 2. The lowest BCUT2D eigenvalue weighted by molar-refractivity contribution is -0.140. The van der Waals surface area contributed by atoms with Crippen molar-refractivity contribution in [3.05, 3.63) is 53.6 Å². The van der Waals surface area contributed by atoms with Gasteiger partial charge < -0.3 is 24.4 Å². The number of benzene rings is 2. The summed E-state index contributed by atoms with van der Waals surface area (Å²) < 4.78 is 15.8. The van der Waals surface area contributed by atoms with Crippen molar-refractivity contribution in [3.63, 3.8) is 0 Å². The molecule has 0 bridgehead atoms. The number of nitrogens with zero attached hydrogens (tertiary/aromatic N) is 1. The maximum atomic E-state index is 13.0. The number of nitrogens with one attached hydrogen (secondary N) is 1.